The van der Waals surface area contributed by atoms with Crippen molar-refractivity contribution in [2.45, 2.75) is 24.3 Å². The molecule has 29 heavy (non-hydrogen) atoms. The zero-order valence-corrected chi connectivity index (χ0v) is 17.4. The Morgan fingerprint density at radius 1 is 1.07 bits per heavy atom. The van der Waals surface area contributed by atoms with E-state index in [9.17, 15) is 26.4 Å². The second-order valence-electron chi connectivity index (χ2n) is 5.95. The molecule has 2 aromatic carbocycles. The maximum absolute atomic E-state index is 13.2. The lowest BCUT2D eigenvalue weighted by molar-refractivity contribution is -0.114. The summed E-state index contributed by atoms with van der Waals surface area (Å²) >= 11 is -0.527. The van der Waals surface area contributed by atoms with Crippen LogP contribution in [0.2, 0.25) is 0 Å². The van der Waals surface area contributed by atoms with Gasteiger partial charge in [0.05, 0.1) is 17.7 Å². The molecule has 0 aromatic heterocycles. The number of aryl methyl sites for hydroxylation is 1. The van der Waals surface area contributed by atoms with Crippen molar-refractivity contribution in [3.05, 3.63) is 65.1 Å². The zero-order valence-electron chi connectivity index (χ0n) is 15.7. The van der Waals surface area contributed by atoms with E-state index in [0.29, 0.717) is 15.5 Å². The molecule has 0 radical (unpaired) electrons. The van der Waals surface area contributed by atoms with Crippen molar-refractivity contribution >= 4 is 33.4 Å². The standard InChI is InChI=1S/C19H18F3NO4S2/c1-13-4-10-17(11-5-13)29(25,26)23(15-6-8-16(27-3)9-7-15)18(24)14(2)12-28-19(20,21)22/h4-12H,1-3H3. The third kappa shape index (κ3) is 5.77. The number of sulfonamides is 1. The van der Waals surface area contributed by atoms with Crippen LogP contribution >= 0.6 is 11.8 Å². The molecule has 0 fully saturated rings. The van der Waals surface area contributed by atoms with Crippen LogP contribution in [0.15, 0.2) is 64.4 Å². The third-order valence-corrected chi connectivity index (χ3v) is 6.22. The molecule has 0 aliphatic carbocycles. The maximum atomic E-state index is 13.2. The Kier molecular flexibility index (Phi) is 7.02. The number of rotatable bonds is 6. The molecule has 0 spiro atoms. The Morgan fingerprint density at radius 3 is 2.10 bits per heavy atom. The van der Waals surface area contributed by atoms with Crippen molar-refractivity contribution in [2.75, 3.05) is 11.4 Å². The number of halogens is 3. The average molecular weight is 445 g/mol. The van der Waals surface area contributed by atoms with E-state index < -0.39 is 33.2 Å². The van der Waals surface area contributed by atoms with Crippen LogP contribution in [0, 0.1) is 6.92 Å². The molecule has 0 saturated carbocycles. The number of methoxy groups -OCH3 is 1. The van der Waals surface area contributed by atoms with Gasteiger partial charge in [0, 0.05) is 5.57 Å². The van der Waals surface area contributed by atoms with Gasteiger partial charge in [0.2, 0.25) is 0 Å². The Hall–Kier alpha value is -2.46. The van der Waals surface area contributed by atoms with Gasteiger partial charge in [-0.15, -0.1) is 0 Å². The molecule has 0 saturated heterocycles. The van der Waals surface area contributed by atoms with Crippen LogP contribution in [0.25, 0.3) is 0 Å². The molecule has 10 heteroatoms. The van der Waals surface area contributed by atoms with Crippen LogP contribution < -0.4 is 9.04 Å². The Labute approximate surface area is 171 Å². The summed E-state index contributed by atoms with van der Waals surface area (Å²) in [5.74, 6) is -0.665. The molecule has 0 aliphatic rings. The fourth-order valence-corrected chi connectivity index (χ4v) is 4.13. The van der Waals surface area contributed by atoms with Gasteiger partial charge in [-0.05, 0) is 67.4 Å². The van der Waals surface area contributed by atoms with Crippen molar-refractivity contribution in [1.82, 2.24) is 0 Å². The van der Waals surface area contributed by atoms with Crippen molar-refractivity contribution in [3.8, 4) is 5.75 Å². The summed E-state index contributed by atoms with van der Waals surface area (Å²) in [6, 6.07) is 11.4. The molecule has 0 aliphatic heterocycles. The largest absolute Gasteiger partial charge is 0.497 e. The number of carbonyl (C=O) groups is 1. The number of carbonyl (C=O) groups excluding carboxylic acids is 1. The van der Waals surface area contributed by atoms with Gasteiger partial charge in [-0.3, -0.25) is 4.79 Å². The lowest BCUT2D eigenvalue weighted by Crippen LogP contribution is -2.37. The number of hydrogen-bond donors (Lipinski definition) is 0. The lowest BCUT2D eigenvalue weighted by Gasteiger charge is -2.23. The molecule has 0 atom stereocenters. The van der Waals surface area contributed by atoms with E-state index in [1.165, 1.54) is 43.5 Å². The minimum atomic E-state index is -4.59. The van der Waals surface area contributed by atoms with Gasteiger partial charge in [-0.25, -0.2) is 8.42 Å². The van der Waals surface area contributed by atoms with Gasteiger partial charge in [-0.1, -0.05) is 17.7 Å². The SMILES string of the molecule is COc1ccc(N(C(=O)C(C)=CSC(F)(F)F)S(=O)(=O)c2ccc(C)cc2)cc1. The first-order valence-electron chi connectivity index (χ1n) is 8.17. The van der Waals surface area contributed by atoms with E-state index in [1.54, 1.807) is 19.1 Å². The maximum Gasteiger partial charge on any atom is 0.445 e. The second-order valence-corrected chi connectivity index (χ2v) is 8.67. The Balaban J connectivity index is 2.56. The summed E-state index contributed by atoms with van der Waals surface area (Å²) in [5, 5.41) is 0.587. The van der Waals surface area contributed by atoms with E-state index in [1.807, 2.05) is 0 Å². The summed E-state index contributed by atoms with van der Waals surface area (Å²) in [6.07, 6.45) is 0. The molecule has 1 amide bonds. The van der Waals surface area contributed by atoms with E-state index in [-0.39, 0.29) is 16.2 Å². The van der Waals surface area contributed by atoms with Crippen LogP contribution in [-0.4, -0.2) is 26.9 Å². The second kappa shape index (κ2) is 8.91. The van der Waals surface area contributed by atoms with Gasteiger partial charge in [-0.2, -0.15) is 17.5 Å². The van der Waals surface area contributed by atoms with Gasteiger partial charge in [0.15, 0.2) is 0 Å². The predicted octanol–water partition coefficient (Wildman–Crippen LogP) is 4.88. The highest BCUT2D eigenvalue weighted by Crippen LogP contribution is 2.33. The average Bonchev–Trinajstić information content (AvgIpc) is 2.66. The number of ether oxygens (including phenoxy) is 1. The smallest absolute Gasteiger partial charge is 0.445 e. The first-order valence-corrected chi connectivity index (χ1v) is 10.5. The first kappa shape index (κ1) is 22.8. The quantitative estimate of drug-likeness (QED) is 0.593. The minimum Gasteiger partial charge on any atom is -0.497 e. The molecular weight excluding hydrogens is 427 g/mol. The van der Waals surface area contributed by atoms with Crippen molar-refractivity contribution < 1.29 is 31.1 Å². The number of nitrogens with zero attached hydrogens (tertiary/aromatic N) is 1. The summed E-state index contributed by atoms with van der Waals surface area (Å²) in [7, 11) is -2.96. The van der Waals surface area contributed by atoms with Crippen molar-refractivity contribution in [2.24, 2.45) is 0 Å². The van der Waals surface area contributed by atoms with E-state index >= 15 is 0 Å². The number of benzene rings is 2. The topological polar surface area (TPSA) is 63.7 Å². The highest BCUT2D eigenvalue weighted by atomic mass is 32.2. The molecule has 2 rings (SSSR count). The van der Waals surface area contributed by atoms with Crippen LogP contribution in [0.3, 0.4) is 0 Å². The predicted molar refractivity (Wildman–Crippen MR) is 106 cm³/mol. The Bertz CT molecular complexity index is 999. The van der Waals surface area contributed by atoms with Gasteiger partial charge >= 0.3 is 5.51 Å². The summed E-state index contributed by atoms with van der Waals surface area (Å²) in [5.41, 5.74) is -4.19. The fourth-order valence-electron chi connectivity index (χ4n) is 2.26. The number of anilines is 1. The number of amides is 1. The van der Waals surface area contributed by atoms with Crippen LogP contribution in [-0.2, 0) is 14.8 Å². The first-order chi connectivity index (χ1) is 13.5. The molecule has 156 valence electrons. The van der Waals surface area contributed by atoms with Crippen LogP contribution in [0.4, 0.5) is 18.9 Å². The molecule has 0 bridgehead atoms. The number of hydrogen-bond acceptors (Lipinski definition) is 5. The fraction of sp³-hybridized carbons (Fsp3) is 0.211. The summed E-state index contributed by atoms with van der Waals surface area (Å²) in [4.78, 5) is 12.7. The van der Waals surface area contributed by atoms with Crippen molar-refractivity contribution in [3.63, 3.8) is 0 Å². The molecule has 0 heterocycles. The van der Waals surface area contributed by atoms with E-state index in [2.05, 4.69) is 0 Å². The van der Waals surface area contributed by atoms with Gasteiger partial charge < -0.3 is 4.74 Å². The van der Waals surface area contributed by atoms with Gasteiger partial charge in [0.25, 0.3) is 15.9 Å². The van der Waals surface area contributed by atoms with Crippen LogP contribution in [0.1, 0.15) is 12.5 Å². The molecule has 2 aromatic rings. The van der Waals surface area contributed by atoms with E-state index in [4.69, 9.17) is 4.74 Å². The highest BCUT2D eigenvalue weighted by Gasteiger charge is 2.33. The monoisotopic (exact) mass is 445 g/mol. The minimum absolute atomic E-state index is 0.0267. The third-order valence-electron chi connectivity index (χ3n) is 3.76. The normalized spacial score (nSPS) is 12.6. The van der Waals surface area contributed by atoms with E-state index in [0.717, 1.165) is 12.5 Å². The molecule has 0 N–H and O–H groups in total. The van der Waals surface area contributed by atoms with Gasteiger partial charge in [0.1, 0.15) is 5.75 Å². The summed E-state index contributed by atoms with van der Waals surface area (Å²) < 4.78 is 69.3. The molecule has 0 unspecified atom stereocenters. The number of thioether (sulfide) groups is 1. The highest BCUT2D eigenvalue weighted by molar-refractivity contribution is 8.03. The molecular formula is C19H18F3NO4S2. The van der Waals surface area contributed by atoms with Crippen LogP contribution in [0.5, 0.6) is 5.75 Å². The summed E-state index contributed by atoms with van der Waals surface area (Å²) in [6.45, 7) is 2.90. The number of alkyl halides is 3. The zero-order chi connectivity index (χ0) is 21.8. The lowest BCUT2D eigenvalue weighted by atomic mass is 10.2. The Morgan fingerprint density at radius 2 is 1.62 bits per heavy atom. The molecule has 5 nitrogen and oxygen atoms in total. The van der Waals surface area contributed by atoms with Crippen molar-refractivity contribution in [1.29, 1.82) is 0 Å².